The molecule has 1 aromatic carbocycles. The Labute approximate surface area is 118 Å². The summed E-state index contributed by atoms with van der Waals surface area (Å²) in [5.41, 5.74) is 3.78. The molecule has 4 heteroatoms. The van der Waals surface area contributed by atoms with E-state index in [9.17, 15) is 4.79 Å². The van der Waals surface area contributed by atoms with Gasteiger partial charge in [0.1, 0.15) is 5.69 Å². The van der Waals surface area contributed by atoms with Gasteiger partial charge in [0.15, 0.2) is 5.58 Å². The van der Waals surface area contributed by atoms with Gasteiger partial charge in [0, 0.05) is 11.4 Å². The van der Waals surface area contributed by atoms with Gasteiger partial charge < -0.3 is 9.84 Å². The van der Waals surface area contributed by atoms with E-state index in [1.807, 2.05) is 19.9 Å². The fourth-order valence-electron chi connectivity index (χ4n) is 3.14. The van der Waals surface area contributed by atoms with Gasteiger partial charge in [0.25, 0.3) is 0 Å². The van der Waals surface area contributed by atoms with Crippen LogP contribution in [0.25, 0.3) is 11.0 Å². The molecule has 1 aliphatic rings. The average molecular weight is 272 g/mol. The molecule has 20 heavy (non-hydrogen) atoms. The summed E-state index contributed by atoms with van der Waals surface area (Å²) in [6, 6.07) is 4.41. The van der Waals surface area contributed by atoms with Gasteiger partial charge in [-0.2, -0.15) is 0 Å². The third-order valence-corrected chi connectivity index (χ3v) is 4.03. The van der Waals surface area contributed by atoms with Gasteiger partial charge >= 0.3 is 0 Å². The number of nitrogens with zero attached hydrogens (tertiary/aromatic N) is 1. The minimum atomic E-state index is 0.0482. The van der Waals surface area contributed by atoms with Crippen LogP contribution in [0.3, 0.4) is 0 Å². The van der Waals surface area contributed by atoms with E-state index >= 15 is 0 Å². The summed E-state index contributed by atoms with van der Waals surface area (Å²) < 4.78 is 5.35. The second-order valence-electron chi connectivity index (χ2n) is 5.81. The van der Waals surface area contributed by atoms with E-state index in [1.165, 1.54) is 12.8 Å². The number of amides is 1. The molecule has 0 aliphatic heterocycles. The van der Waals surface area contributed by atoms with E-state index in [-0.39, 0.29) is 5.91 Å². The summed E-state index contributed by atoms with van der Waals surface area (Å²) in [6.45, 7) is 4.06. The first-order valence-corrected chi connectivity index (χ1v) is 7.28. The second kappa shape index (κ2) is 5.27. The van der Waals surface area contributed by atoms with Crippen molar-refractivity contribution in [2.45, 2.75) is 52.0 Å². The Morgan fingerprint density at radius 3 is 2.85 bits per heavy atom. The molecule has 1 fully saturated rings. The number of hydrogen-bond acceptors (Lipinski definition) is 3. The lowest BCUT2D eigenvalue weighted by Gasteiger charge is -2.10. The van der Waals surface area contributed by atoms with E-state index in [0.717, 1.165) is 40.6 Å². The molecule has 0 unspecified atom stereocenters. The molecule has 0 saturated heterocycles. The van der Waals surface area contributed by atoms with Crippen LogP contribution in [0, 0.1) is 13.8 Å². The van der Waals surface area contributed by atoms with Crippen molar-refractivity contribution >= 4 is 16.9 Å². The van der Waals surface area contributed by atoms with Crippen molar-refractivity contribution < 1.29 is 9.32 Å². The molecule has 1 aromatic heterocycles. The average Bonchev–Trinajstić information content (AvgIpc) is 2.99. The Balaban J connectivity index is 1.78. The minimum absolute atomic E-state index is 0.0482. The lowest BCUT2D eigenvalue weighted by Crippen LogP contribution is -2.33. The summed E-state index contributed by atoms with van der Waals surface area (Å²) in [5, 5.41) is 8.15. The Hall–Kier alpha value is -1.84. The topological polar surface area (TPSA) is 55.1 Å². The predicted molar refractivity (Wildman–Crippen MR) is 77.6 cm³/mol. The van der Waals surface area contributed by atoms with Crippen molar-refractivity contribution in [3.05, 3.63) is 29.0 Å². The zero-order valence-electron chi connectivity index (χ0n) is 12.0. The van der Waals surface area contributed by atoms with Crippen molar-refractivity contribution in [1.82, 2.24) is 10.5 Å². The van der Waals surface area contributed by atoms with Crippen LogP contribution in [0.5, 0.6) is 0 Å². The van der Waals surface area contributed by atoms with Crippen LogP contribution in [-0.2, 0) is 11.2 Å². The number of hydrogen-bond donors (Lipinski definition) is 1. The van der Waals surface area contributed by atoms with Crippen molar-refractivity contribution in [2.75, 3.05) is 0 Å². The van der Waals surface area contributed by atoms with E-state index in [1.54, 1.807) is 0 Å². The Morgan fingerprint density at radius 1 is 1.35 bits per heavy atom. The third kappa shape index (κ3) is 2.55. The fourth-order valence-corrected chi connectivity index (χ4v) is 3.14. The number of carbonyl (C=O) groups excluding carboxylic acids is 1. The molecule has 3 rings (SSSR count). The van der Waals surface area contributed by atoms with Gasteiger partial charge in [-0.05, 0) is 43.9 Å². The standard InChI is InChI=1S/C16H20N2O2/c1-10-7-11(2)16-13(18-20-14(16)8-10)9-15(19)17-12-5-3-4-6-12/h7-8,12H,3-6,9H2,1-2H3,(H,17,19). The quantitative estimate of drug-likeness (QED) is 0.934. The SMILES string of the molecule is Cc1cc(C)c2c(CC(=O)NC3CCCC3)noc2c1. The Kier molecular flexibility index (Phi) is 3.47. The monoisotopic (exact) mass is 272 g/mol. The number of aromatic nitrogens is 1. The molecule has 4 nitrogen and oxygen atoms in total. The highest BCUT2D eigenvalue weighted by Crippen LogP contribution is 2.24. The summed E-state index contributed by atoms with van der Waals surface area (Å²) in [5.74, 6) is 0.0482. The molecule has 1 amide bonds. The summed E-state index contributed by atoms with van der Waals surface area (Å²) >= 11 is 0. The molecular weight excluding hydrogens is 252 g/mol. The highest BCUT2D eigenvalue weighted by molar-refractivity contribution is 5.88. The summed E-state index contributed by atoms with van der Waals surface area (Å²) in [7, 11) is 0. The first-order valence-electron chi connectivity index (χ1n) is 7.28. The number of fused-ring (bicyclic) bond motifs is 1. The molecular formula is C16H20N2O2. The predicted octanol–water partition coefficient (Wildman–Crippen LogP) is 3.05. The molecule has 2 aromatic rings. The zero-order valence-corrected chi connectivity index (χ0v) is 12.0. The van der Waals surface area contributed by atoms with E-state index in [4.69, 9.17) is 4.52 Å². The van der Waals surface area contributed by atoms with Gasteiger partial charge in [-0.15, -0.1) is 0 Å². The van der Waals surface area contributed by atoms with Gasteiger partial charge in [-0.25, -0.2) is 0 Å². The first kappa shape index (κ1) is 13.2. The molecule has 1 N–H and O–H groups in total. The lowest BCUT2D eigenvalue weighted by molar-refractivity contribution is -0.121. The normalized spacial score (nSPS) is 15.9. The van der Waals surface area contributed by atoms with Crippen LogP contribution in [-0.4, -0.2) is 17.1 Å². The third-order valence-electron chi connectivity index (χ3n) is 4.03. The second-order valence-corrected chi connectivity index (χ2v) is 5.81. The number of nitrogens with one attached hydrogen (secondary N) is 1. The number of aryl methyl sites for hydroxylation is 2. The van der Waals surface area contributed by atoms with Gasteiger partial charge in [-0.3, -0.25) is 4.79 Å². The zero-order chi connectivity index (χ0) is 14.1. The summed E-state index contributed by atoms with van der Waals surface area (Å²) in [6.07, 6.45) is 4.94. The lowest BCUT2D eigenvalue weighted by atomic mass is 10.0. The van der Waals surface area contributed by atoms with Gasteiger partial charge in [-0.1, -0.05) is 24.1 Å². The number of carbonyl (C=O) groups is 1. The smallest absolute Gasteiger partial charge is 0.226 e. The van der Waals surface area contributed by atoms with Crippen molar-refractivity contribution in [1.29, 1.82) is 0 Å². The molecule has 1 heterocycles. The summed E-state index contributed by atoms with van der Waals surface area (Å²) in [4.78, 5) is 12.1. The van der Waals surface area contributed by atoms with Crippen molar-refractivity contribution in [2.24, 2.45) is 0 Å². The molecule has 1 aliphatic carbocycles. The number of benzene rings is 1. The molecule has 0 spiro atoms. The van der Waals surface area contributed by atoms with Crippen LogP contribution in [0.1, 0.15) is 42.5 Å². The van der Waals surface area contributed by atoms with Gasteiger partial charge in [0.2, 0.25) is 5.91 Å². The van der Waals surface area contributed by atoms with Crippen LogP contribution >= 0.6 is 0 Å². The maximum absolute atomic E-state index is 12.1. The molecule has 0 radical (unpaired) electrons. The van der Waals surface area contributed by atoms with Crippen molar-refractivity contribution in [3.63, 3.8) is 0 Å². The van der Waals surface area contributed by atoms with E-state index in [0.29, 0.717) is 12.5 Å². The molecule has 106 valence electrons. The molecule has 0 bridgehead atoms. The van der Waals surface area contributed by atoms with Crippen LogP contribution in [0.2, 0.25) is 0 Å². The minimum Gasteiger partial charge on any atom is -0.356 e. The van der Waals surface area contributed by atoms with Crippen LogP contribution in [0.15, 0.2) is 16.7 Å². The van der Waals surface area contributed by atoms with E-state index < -0.39 is 0 Å². The highest BCUT2D eigenvalue weighted by atomic mass is 16.5. The highest BCUT2D eigenvalue weighted by Gasteiger charge is 2.19. The first-order chi connectivity index (χ1) is 9.63. The van der Waals surface area contributed by atoms with Crippen molar-refractivity contribution in [3.8, 4) is 0 Å². The fraction of sp³-hybridized carbons (Fsp3) is 0.500. The molecule has 1 saturated carbocycles. The van der Waals surface area contributed by atoms with E-state index in [2.05, 4.69) is 16.5 Å². The Morgan fingerprint density at radius 2 is 2.10 bits per heavy atom. The van der Waals surface area contributed by atoms with Crippen LogP contribution < -0.4 is 5.32 Å². The maximum atomic E-state index is 12.1. The largest absolute Gasteiger partial charge is 0.356 e. The molecule has 0 atom stereocenters. The van der Waals surface area contributed by atoms with Gasteiger partial charge in [0.05, 0.1) is 6.42 Å². The Bertz CT molecular complexity index is 639. The number of rotatable bonds is 3. The maximum Gasteiger partial charge on any atom is 0.226 e. The van der Waals surface area contributed by atoms with Crippen LogP contribution in [0.4, 0.5) is 0 Å².